The molecule has 4 atom stereocenters. The number of nitrogens with one attached hydrogen (secondary N) is 1. The highest BCUT2D eigenvalue weighted by Gasteiger charge is 2.39. The Morgan fingerprint density at radius 1 is 1.33 bits per heavy atom. The van der Waals surface area contributed by atoms with Crippen molar-refractivity contribution in [1.82, 2.24) is 20.3 Å². The zero-order valence-electron chi connectivity index (χ0n) is 14.7. The summed E-state index contributed by atoms with van der Waals surface area (Å²) < 4.78 is 12.4. The first-order valence-corrected chi connectivity index (χ1v) is 8.47. The lowest BCUT2D eigenvalue weighted by molar-refractivity contribution is -0.171. The van der Waals surface area contributed by atoms with E-state index in [4.69, 9.17) is 14.6 Å². The van der Waals surface area contributed by atoms with Crippen LogP contribution in [-0.2, 0) is 11.3 Å². The first kappa shape index (κ1) is 19.2. The van der Waals surface area contributed by atoms with E-state index in [1.165, 1.54) is 4.68 Å². The van der Waals surface area contributed by atoms with E-state index >= 15 is 0 Å². The van der Waals surface area contributed by atoms with Crippen molar-refractivity contribution in [3.05, 3.63) is 41.7 Å². The molecule has 1 saturated heterocycles. The standard InChI is InChI=1S/C17H22N4O6/c1-18-17(25)10-2-4-12(5-3-10)26-8-11-6-21(20-19-11)13-9-27-14(7-22)16(24)15(13)23/h2-6,13-16,22-24H,7-9H2,1H3,(H,18,25)/t13-,14+,15+,16-/m0/s1. The van der Waals surface area contributed by atoms with Gasteiger partial charge in [0.2, 0.25) is 0 Å². The summed E-state index contributed by atoms with van der Waals surface area (Å²) in [6, 6.07) is 6.05. The SMILES string of the molecule is CNC(=O)c1ccc(OCc2cn([C@H]3CO[C@H](CO)[C@H](O)[C@@H]3O)nn2)cc1. The van der Waals surface area contributed by atoms with Gasteiger partial charge >= 0.3 is 0 Å². The predicted octanol–water partition coefficient (Wildman–Crippen LogP) is -1.13. The van der Waals surface area contributed by atoms with Crippen LogP contribution in [0.1, 0.15) is 22.1 Å². The molecule has 27 heavy (non-hydrogen) atoms. The van der Waals surface area contributed by atoms with Crippen molar-refractivity contribution >= 4 is 5.91 Å². The van der Waals surface area contributed by atoms with Gasteiger partial charge in [-0.25, -0.2) is 4.68 Å². The zero-order valence-corrected chi connectivity index (χ0v) is 14.7. The van der Waals surface area contributed by atoms with E-state index < -0.39 is 24.4 Å². The molecule has 1 fully saturated rings. The summed E-state index contributed by atoms with van der Waals surface area (Å²) in [7, 11) is 1.56. The van der Waals surface area contributed by atoms with Crippen molar-refractivity contribution in [2.45, 2.75) is 31.0 Å². The quantitative estimate of drug-likeness (QED) is 0.495. The number of carbonyl (C=O) groups excluding carboxylic acids is 1. The number of rotatable bonds is 6. The Balaban J connectivity index is 1.59. The van der Waals surface area contributed by atoms with Gasteiger partial charge in [-0.15, -0.1) is 5.10 Å². The monoisotopic (exact) mass is 378 g/mol. The molecule has 146 valence electrons. The van der Waals surface area contributed by atoms with Crippen LogP contribution >= 0.6 is 0 Å². The van der Waals surface area contributed by atoms with Crippen molar-refractivity contribution in [3.63, 3.8) is 0 Å². The van der Waals surface area contributed by atoms with Crippen LogP contribution in [0, 0.1) is 0 Å². The molecule has 3 rings (SSSR count). The molecular formula is C17H22N4O6. The van der Waals surface area contributed by atoms with Gasteiger partial charge < -0.3 is 30.1 Å². The summed E-state index contributed by atoms with van der Waals surface area (Å²) in [5, 5.41) is 39.8. The van der Waals surface area contributed by atoms with Crippen LogP contribution < -0.4 is 10.1 Å². The molecule has 0 radical (unpaired) electrons. The van der Waals surface area contributed by atoms with Gasteiger partial charge in [0, 0.05) is 12.6 Å². The first-order valence-electron chi connectivity index (χ1n) is 8.47. The Hall–Kier alpha value is -2.53. The molecular weight excluding hydrogens is 356 g/mol. The van der Waals surface area contributed by atoms with Crippen molar-refractivity contribution in [2.75, 3.05) is 20.3 Å². The van der Waals surface area contributed by atoms with Gasteiger partial charge in [-0.1, -0.05) is 5.21 Å². The Bertz CT molecular complexity index is 765. The Morgan fingerprint density at radius 2 is 2.07 bits per heavy atom. The van der Waals surface area contributed by atoms with E-state index in [9.17, 15) is 15.0 Å². The van der Waals surface area contributed by atoms with Gasteiger partial charge in [0.15, 0.2) is 0 Å². The molecule has 0 spiro atoms. The highest BCUT2D eigenvalue weighted by Crippen LogP contribution is 2.24. The van der Waals surface area contributed by atoms with E-state index in [0.717, 1.165) is 0 Å². The van der Waals surface area contributed by atoms with Gasteiger partial charge in [-0.2, -0.15) is 0 Å². The normalized spacial score (nSPS) is 25.2. The fourth-order valence-corrected chi connectivity index (χ4v) is 2.81. The number of aromatic nitrogens is 3. The second-order valence-electron chi connectivity index (χ2n) is 6.18. The van der Waals surface area contributed by atoms with E-state index in [1.54, 1.807) is 37.5 Å². The van der Waals surface area contributed by atoms with Crippen molar-refractivity contribution < 1.29 is 29.6 Å². The molecule has 2 heterocycles. The van der Waals surface area contributed by atoms with Gasteiger partial charge in [-0.3, -0.25) is 4.79 Å². The summed E-state index contributed by atoms with van der Waals surface area (Å²) in [6.07, 6.45) is -1.57. The van der Waals surface area contributed by atoms with Crippen molar-refractivity contribution in [1.29, 1.82) is 0 Å². The Kier molecular flexibility index (Phi) is 6.01. The zero-order chi connectivity index (χ0) is 19.4. The van der Waals surface area contributed by atoms with Crippen LogP contribution in [0.15, 0.2) is 30.5 Å². The first-order chi connectivity index (χ1) is 13.0. The number of nitrogens with zero attached hydrogens (tertiary/aromatic N) is 3. The second-order valence-corrected chi connectivity index (χ2v) is 6.18. The summed E-state index contributed by atoms with van der Waals surface area (Å²) in [6.45, 7) is -0.140. The van der Waals surface area contributed by atoms with Crippen LogP contribution in [0.4, 0.5) is 0 Å². The van der Waals surface area contributed by atoms with Crippen LogP contribution in [0.5, 0.6) is 5.75 Å². The number of carbonyl (C=O) groups is 1. The molecule has 4 N–H and O–H groups in total. The van der Waals surface area contributed by atoms with Crippen LogP contribution in [0.3, 0.4) is 0 Å². The largest absolute Gasteiger partial charge is 0.487 e. The summed E-state index contributed by atoms with van der Waals surface area (Å²) in [5.74, 6) is 0.392. The van der Waals surface area contributed by atoms with E-state index in [0.29, 0.717) is 17.0 Å². The molecule has 0 unspecified atom stereocenters. The summed E-state index contributed by atoms with van der Waals surface area (Å²) in [4.78, 5) is 11.5. The molecule has 0 aliphatic carbocycles. The van der Waals surface area contributed by atoms with Crippen molar-refractivity contribution in [2.24, 2.45) is 0 Å². The number of benzene rings is 1. The van der Waals surface area contributed by atoms with Crippen LogP contribution in [-0.4, -0.2) is 74.8 Å². The lowest BCUT2D eigenvalue weighted by atomic mass is 9.98. The maximum atomic E-state index is 11.5. The van der Waals surface area contributed by atoms with E-state index in [2.05, 4.69) is 15.6 Å². The van der Waals surface area contributed by atoms with Gasteiger partial charge in [-0.05, 0) is 24.3 Å². The smallest absolute Gasteiger partial charge is 0.251 e. The summed E-state index contributed by atoms with van der Waals surface area (Å²) in [5.41, 5.74) is 1.05. The lowest BCUT2D eigenvalue weighted by Gasteiger charge is -2.36. The lowest BCUT2D eigenvalue weighted by Crippen LogP contribution is -2.52. The highest BCUT2D eigenvalue weighted by atomic mass is 16.5. The Labute approximate surface area is 155 Å². The fourth-order valence-electron chi connectivity index (χ4n) is 2.81. The predicted molar refractivity (Wildman–Crippen MR) is 92.1 cm³/mol. The van der Waals surface area contributed by atoms with E-state index in [1.807, 2.05) is 0 Å². The molecule has 10 heteroatoms. The minimum atomic E-state index is -1.21. The van der Waals surface area contributed by atoms with Crippen LogP contribution in [0.2, 0.25) is 0 Å². The number of ether oxygens (including phenoxy) is 2. The molecule has 0 saturated carbocycles. The summed E-state index contributed by atoms with van der Waals surface area (Å²) >= 11 is 0. The number of amides is 1. The number of aliphatic hydroxyl groups excluding tert-OH is 3. The Morgan fingerprint density at radius 3 is 2.74 bits per heavy atom. The molecule has 2 aromatic rings. The number of aliphatic hydroxyl groups is 3. The molecule has 1 amide bonds. The third-order valence-corrected chi connectivity index (χ3v) is 4.41. The molecule has 1 aliphatic rings. The van der Waals surface area contributed by atoms with Crippen molar-refractivity contribution in [3.8, 4) is 5.75 Å². The number of hydrogen-bond donors (Lipinski definition) is 4. The average molecular weight is 378 g/mol. The third-order valence-electron chi connectivity index (χ3n) is 4.41. The topological polar surface area (TPSA) is 139 Å². The van der Waals surface area contributed by atoms with E-state index in [-0.39, 0.29) is 25.7 Å². The maximum Gasteiger partial charge on any atom is 0.251 e. The molecule has 10 nitrogen and oxygen atoms in total. The van der Waals surface area contributed by atoms with Gasteiger partial charge in [0.25, 0.3) is 5.91 Å². The molecule has 1 aromatic heterocycles. The van der Waals surface area contributed by atoms with Crippen LogP contribution in [0.25, 0.3) is 0 Å². The third kappa shape index (κ3) is 4.25. The highest BCUT2D eigenvalue weighted by molar-refractivity contribution is 5.94. The molecule has 1 aliphatic heterocycles. The molecule has 0 bridgehead atoms. The van der Waals surface area contributed by atoms with Gasteiger partial charge in [0.05, 0.1) is 19.4 Å². The van der Waals surface area contributed by atoms with Gasteiger partial charge in [0.1, 0.15) is 42.4 Å². The average Bonchev–Trinajstić information content (AvgIpc) is 3.17. The number of hydrogen-bond acceptors (Lipinski definition) is 8. The second kappa shape index (κ2) is 8.44. The fraction of sp³-hybridized carbons (Fsp3) is 0.471. The molecule has 1 aromatic carbocycles. The minimum absolute atomic E-state index is 0.0913. The minimum Gasteiger partial charge on any atom is -0.487 e. The maximum absolute atomic E-state index is 11.5.